The zero-order chi connectivity index (χ0) is 22.4. The van der Waals surface area contributed by atoms with Gasteiger partial charge in [0.2, 0.25) is 11.8 Å². The number of nitrogens with zero attached hydrogens (tertiary/aromatic N) is 1. The van der Waals surface area contributed by atoms with E-state index in [4.69, 9.17) is 4.74 Å². The molecule has 2 amide bonds. The van der Waals surface area contributed by atoms with E-state index in [9.17, 15) is 14.0 Å². The fourth-order valence-corrected chi connectivity index (χ4v) is 6.63. The van der Waals surface area contributed by atoms with Crippen molar-refractivity contribution in [3.63, 3.8) is 0 Å². The standard InChI is InChI=1S/C25H35FN2O3/c1-23(2)13-18-14-24(3,15-23)16-28(18)22(30)8-10-25(9-7-21(29)27-25)12-17-5-6-19(26)20(11-17)31-4/h5-6,11,18H,7-10,12-16H2,1-4H3,(H,27,29)/t18-,24-,25-/m0/s1. The van der Waals surface area contributed by atoms with Crippen LogP contribution in [0.15, 0.2) is 18.2 Å². The van der Waals surface area contributed by atoms with Gasteiger partial charge in [-0.25, -0.2) is 4.39 Å². The summed E-state index contributed by atoms with van der Waals surface area (Å²) < 4.78 is 18.9. The van der Waals surface area contributed by atoms with Gasteiger partial charge >= 0.3 is 0 Å². The normalized spacial score (nSPS) is 31.6. The molecular weight excluding hydrogens is 395 g/mol. The number of nitrogens with one attached hydrogen (secondary N) is 1. The molecule has 1 aromatic carbocycles. The van der Waals surface area contributed by atoms with Crippen molar-refractivity contribution in [2.45, 2.75) is 83.7 Å². The maximum absolute atomic E-state index is 13.8. The Labute approximate surface area is 184 Å². The molecule has 6 heteroatoms. The van der Waals surface area contributed by atoms with Gasteiger partial charge in [-0.3, -0.25) is 9.59 Å². The van der Waals surface area contributed by atoms with Gasteiger partial charge in [0.15, 0.2) is 11.6 Å². The summed E-state index contributed by atoms with van der Waals surface area (Å²) in [5.74, 6) is 0.0206. The molecule has 31 heavy (non-hydrogen) atoms. The molecule has 1 aliphatic carbocycles. The molecule has 4 rings (SSSR count). The monoisotopic (exact) mass is 430 g/mol. The van der Waals surface area contributed by atoms with Crippen molar-refractivity contribution < 1.29 is 18.7 Å². The summed E-state index contributed by atoms with van der Waals surface area (Å²) in [6.07, 6.45) is 6.05. The molecule has 1 aromatic rings. The first kappa shape index (κ1) is 22.1. The maximum Gasteiger partial charge on any atom is 0.222 e. The average Bonchev–Trinajstić information content (AvgIpc) is 3.17. The Morgan fingerprint density at radius 1 is 1.29 bits per heavy atom. The molecule has 5 nitrogen and oxygen atoms in total. The molecule has 1 saturated carbocycles. The topological polar surface area (TPSA) is 58.6 Å². The van der Waals surface area contributed by atoms with Crippen LogP contribution in [0.4, 0.5) is 4.39 Å². The van der Waals surface area contributed by atoms with E-state index in [0.29, 0.717) is 38.1 Å². The van der Waals surface area contributed by atoms with Crippen molar-refractivity contribution in [2.24, 2.45) is 10.8 Å². The summed E-state index contributed by atoms with van der Waals surface area (Å²) >= 11 is 0. The Morgan fingerprint density at radius 3 is 2.74 bits per heavy atom. The number of amides is 2. The van der Waals surface area contributed by atoms with Gasteiger partial charge in [0.25, 0.3) is 0 Å². The number of ether oxygens (including phenoxy) is 1. The average molecular weight is 431 g/mol. The fourth-order valence-electron chi connectivity index (χ4n) is 6.63. The van der Waals surface area contributed by atoms with E-state index in [1.807, 2.05) is 0 Å². The third-order valence-electron chi connectivity index (χ3n) is 7.55. The van der Waals surface area contributed by atoms with Gasteiger partial charge < -0.3 is 15.0 Å². The highest BCUT2D eigenvalue weighted by molar-refractivity contribution is 5.80. The lowest BCUT2D eigenvalue weighted by Gasteiger charge is -2.39. The molecule has 3 fully saturated rings. The quantitative estimate of drug-likeness (QED) is 0.735. The second-order valence-electron chi connectivity index (χ2n) is 11.2. The minimum atomic E-state index is -0.465. The molecular formula is C25H35FN2O3. The number of benzene rings is 1. The summed E-state index contributed by atoms with van der Waals surface area (Å²) in [5, 5.41) is 3.14. The minimum absolute atomic E-state index is 0.0211. The molecule has 0 aromatic heterocycles. The van der Waals surface area contributed by atoms with Crippen molar-refractivity contribution in [2.75, 3.05) is 13.7 Å². The molecule has 1 N–H and O–H groups in total. The molecule has 2 heterocycles. The summed E-state index contributed by atoms with van der Waals surface area (Å²) in [5.41, 5.74) is 0.924. The number of likely N-dealkylation sites (tertiary alicyclic amines) is 1. The lowest BCUT2D eigenvalue weighted by atomic mass is 9.65. The Hall–Kier alpha value is -2.11. The highest BCUT2D eigenvalue weighted by Gasteiger charge is 2.51. The molecule has 3 atom stereocenters. The Bertz CT molecular complexity index is 886. The summed E-state index contributed by atoms with van der Waals surface area (Å²) in [4.78, 5) is 27.5. The van der Waals surface area contributed by atoms with Gasteiger partial charge in [0, 0.05) is 31.0 Å². The number of carbonyl (C=O) groups is 2. The van der Waals surface area contributed by atoms with Gasteiger partial charge in [-0.15, -0.1) is 0 Å². The highest BCUT2D eigenvalue weighted by atomic mass is 19.1. The molecule has 2 bridgehead atoms. The Kier molecular flexibility index (Phi) is 5.55. The lowest BCUT2D eigenvalue weighted by Crippen LogP contribution is -2.45. The van der Waals surface area contributed by atoms with E-state index < -0.39 is 11.4 Å². The molecule has 2 saturated heterocycles. The van der Waals surface area contributed by atoms with Crippen LogP contribution in [-0.4, -0.2) is 41.9 Å². The first-order chi connectivity index (χ1) is 14.5. The second kappa shape index (κ2) is 7.79. The number of halogens is 1. The summed E-state index contributed by atoms with van der Waals surface area (Å²) in [6.45, 7) is 7.78. The number of methoxy groups -OCH3 is 1. The maximum atomic E-state index is 13.8. The predicted molar refractivity (Wildman–Crippen MR) is 117 cm³/mol. The van der Waals surface area contributed by atoms with E-state index in [2.05, 4.69) is 31.0 Å². The van der Waals surface area contributed by atoms with Gasteiger partial charge in [0.1, 0.15) is 0 Å². The third kappa shape index (κ3) is 4.58. The van der Waals surface area contributed by atoms with Crippen LogP contribution in [0, 0.1) is 16.6 Å². The van der Waals surface area contributed by atoms with Gasteiger partial charge in [-0.05, 0) is 67.1 Å². The first-order valence-corrected chi connectivity index (χ1v) is 11.5. The second-order valence-corrected chi connectivity index (χ2v) is 11.2. The van der Waals surface area contributed by atoms with Crippen LogP contribution >= 0.6 is 0 Å². The number of hydrogen-bond donors (Lipinski definition) is 1. The number of rotatable bonds is 6. The first-order valence-electron chi connectivity index (χ1n) is 11.5. The van der Waals surface area contributed by atoms with E-state index in [-0.39, 0.29) is 28.4 Å². The van der Waals surface area contributed by atoms with Crippen LogP contribution in [0.2, 0.25) is 0 Å². The van der Waals surface area contributed by atoms with Crippen LogP contribution in [-0.2, 0) is 16.0 Å². The molecule has 0 radical (unpaired) electrons. The number of fused-ring (bicyclic) bond motifs is 2. The van der Waals surface area contributed by atoms with Crippen molar-refractivity contribution in [3.8, 4) is 5.75 Å². The van der Waals surface area contributed by atoms with Crippen molar-refractivity contribution in [1.82, 2.24) is 10.2 Å². The Morgan fingerprint density at radius 2 is 2.06 bits per heavy atom. The van der Waals surface area contributed by atoms with Crippen LogP contribution < -0.4 is 10.1 Å². The van der Waals surface area contributed by atoms with E-state index in [1.54, 1.807) is 12.1 Å². The van der Waals surface area contributed by atoms with Gasteiger partial charge in [-0.1, -0.05) is 26.8 Å². The lowest BCUT2D eigenvalue weighted by molar-refractivity contribution is -0.133. The van der Waals surface area contributed by atoms with Crippen molar-refractivity contribution in [1.29, 1.82) is 0 Å². The largest absolute Gasteiger partial charge is 0.494 e. The zero-order valence-corrected chi connectivity index (χ0v) is 19.2. The van der Waals surface area contributed by atoms with Crippen molar-refractivity contribution >= 4 is 11.8 Å². The molecule has 3 aliphatic rings. The van der Waals surface area contributed by atoms with Gasteiger partial charge in [0.05, 0.1) is 7.11 Å². The van der Waals surface area contributed by atoms with Crippen LogP contribution in [0.25, 0.3) is 0 Å². The molecule has 170 valence electrons. The SMILES string of the molecule is COc1cc(C[C@@]2(CCC(=O)N3C[C@@]4(C)C[C@@H]3CC(C)(C)C4)CCC(=O)N2)ccc1F. The van der Waals surface area contributed by atoms with E-state index in [0.717, 1.165) is 31.4 Å². The van der Waals surface area contributed by atoms with E-state index in [1.165, 1.54) is 13.2 Å². The number of hydrogen-bond acceptors (Lipinski definition) is 3. The molecule has 0 spiro atoms. The minimum Gasteiger partial charge on any atom is -0.494 e. The highest BCUT2D eigenvalue weighted by Crippen LogP contribution is 2.52. The van der Waals surface area contributed by atoms with E-state index >= 15 is 0 Å². The van der Waals surface area contributed by atoms with Crippen LogP contribution in [0.5, 0.6) is 5.75 Å². The zero-order valence-electron chi connectivity index (χ0n) is 19.2. The van der Waals surface area contributed by atoms with Crippen LogP contribution in [0.3, 0.4) is 0 Å². The third-order valence-corrected chi connectivity index (χ3v) is 7.55. The Balaban J connectivity index is 1.46. The molecule has 2 aliphatic heterocycles. The summed E-state index contributed by atoms with van der Waals surface area (Å²) in [7, 11) is 1.45. The van der Waals surface area contributed by atoms with Crippen LogP contribution in [0.1, 0.15) is 71.3 Å². The number of carbonyl (C=O) groups excluding carboxylic acids is 2. The van der Waals surface area contributed by atoms with Crippen molar-refractivity contribution in [3.05, 3.63) is 29.6 Å². The van der Waals surface area contributed by atoms with Gasteiger partial charge in [-0.2, -0.15) is 0 Å². The predicted octanol–water partition coefficient (Wildman–Crippen LogP) is 4.23. The molecule has 0 unspecified atom stereocenters. The fraction of sp³-hybridized carbons (Fsp3) is 0.680. The smallest absolute Gasteiger partial charge is 0.222 e. The summed E-state index contributed by atoms with van der Waals surface area (Å²) in [6, 6.07) is 5.15.